The molecule has 2 aliphatic rings. The molecule has 0 bridgehead atoms. The maximum atomic E-state index is 14.5. The maximum absolute atomic E-state index is 14.5. The summed E-state index contributed by atoms with van der Waals surface area (Å²) in [6, 6.07) is 10.3. The van der Waals surface area contributed by atoms with Crippen molar-refractivity contribution in [3.63, 3.8) is 0 Å². The lowest BCUT2D eigenvalue weighted by atomic mass is 9.84. The second kappa shape index (κ2) is 7.99. The van der Waals surface area contributed by atoms with Gasteiger partial charge in [0.1, 0.15) is 17.9 Å². The Hall–Kier alpha value is -0.280. The summed E-state index contributed by atoms with van der Waals surface area (Å²) >= 11 is 2.29. The smallest absolute Gasteiger partial charge is 0.195 e. The monoisotopic (exact) mass is 477 g/mol. The third kappa shape index (κ3) is 3.81. The number of hydrogen-bond donors (Lipinski definition) is 0. The number of benzene rings is 1. The molecule has 0 aliphatic carbocycles. The van der Waals surface area contributed by atoms with Crippen LogP contribution in [0.4, 0.5) is 4.39 Å². The molecule has 6 heteroatoms. The van der Waals surface area contributed by atoms with Gasteiger partial charge in [-0.2, -0.15) is 0 Å². The number of alkyl halides is 2. The first-order chi connectivity index (χ1) is 12.3. The van der Waals surface area contributed by atoms with Gasteiger partial charge >= 0.3 is 0 Å². The Kier molecular flexibility index (Phi) is 6.29. The van der Waals surface area contributed by atoms with Gasteiger partial charge in [0.2, 0.25) is 0 Å². The minimum absolute atomic E-state index is 0.211. The molecule has 2 aliphatic heterocycles. The molecule has 0 saturated carbocycles. The van der Waals surface area contributed by atoms with Crippen molar-refractivity contribution in [3.05, 3.63) is 35.9 Å². The number of methoxy groups -OCH3 is 1. The van der Waals surface area contributed by atoms with E-state index in [1.165, 1.54) is 5.56 Å². The summed E-state index contributed by atoms with van der Waals surface area (Å²) in [5, 5.41) is 0. The predicted octanol–water partition coefficient (Wildman–Crippen LogP) is 3.82. The van der Waals surface area contributed by atoms with Gasteiger partial charge in [0, 0.05) is 37.1 Å². The SMILES string of the molecule is CO[C@@]1(C)O[C@@H]2CN(Cc3ccccc3)C[C@H]([C@H](C)F)[C@H]2O[C@]1(C)CI. The van der Waals surface area contributed by atoms with Crippen LogP contribution in [0.5, 0.6) is 0 Å². The first kappa shape index (κ1) is 20.5. The number of ether oxygens (including phenoxy) is 3. The van der Waals surface area contributed by atoms with E-state index in [0.717, 1.165) is 6.54 Å². The van der Waals surface area contributed by atoms with Gasteiger partial charge < -0.3 is 14.2 Å². The van der Waals surface area contributed by atoms with Crippen LogP contribution in [0.2, 0.25) is 0 Å². The van der Waals surface area contributed by atoms with Crippen LogP contribution in [-0.2, 0) is 20.8 Å². The number of likely N-dealkylation sites (tertiary alicyclic amines) is 1. The third-order valence-corrected chi connectivity index (χ3v) is 7.37. The quantitative estimate of drug-likeness (QED) is 0.477. The van der Waals surface area contributed by atoms with Crippen molar-refractivity contribution in [3.8, 4) is 0 Å². The minimum atomic E-state index is -0.963. The lowest BCUT2D eigenvalue weighted by molar-refractivity contribution is -0.393. The van der Waals surface area contributed by atoms with E-state index in [-0.39, 0.29) is 18.1 Å². The van der Waals surface area contributed by atoms with Gasteiger partial charge in [-0.15, -0.1) is 0 Å². The molecule has 146 valence electrons. The zero-order valence-corrected chi connectivity index (χ0v) is 18.1. The molecule has 0 unspecified atom stereocenters. The van der Waals surface area contributed by atoms with Crippen molar-refractivity contribution in [1.29, 1.82) is 0 Å². The highest BCUT2D eigenvalue weighted by Crippen LogP contribution is 2.44. The topological polar surface area (TPSA) is 30.9 Å². The first-order valence-electron chi connectivity index (χ1n) is 9.19. The van der Waals surface area contributed by atoms with E-state index in [1.54, 1.807) is 14.0 Å². The molecule has 0 N–H and O–H groups in total. The van der Waals surface area contributed by atoms with Crippen LogP contribution in [0.25, 0.3) is 0 Å². The second-order valence-corrected chi connectivity index (χ2v) is 8.54. The normalized spacial score (nSPS) is 39.4. The van der Waals surface area contributed by atoms with Crippen molar-refractivity contribution in [1.82, 2.24) is 4.90 Å². The van der Waals surface area contributed by atoms with Crippen LogP contribution < -0.4 is 0 Å². The van der Waals surface area contributed by atoms with Crippen LogP contribution in [0.15, 0.2) is 30.3 Å². The molecule has 1 aromatic carbocycles. The average Bonchev–Trinajstić information content (AvgIpc) is 2.63. The zero-order chi connectivity index (χ0) is 18.9. The molecule has 26 heavy (non-hydrogen) atoms. The van der Waals surface area contributed by atoms with Crippen molar-refractivity contribution >= 4 is 22.6 Å². The first-order valence-corrected chi connectivity index (χ1v) is 10.7. The minimum Gasteiger partial charge on any atom is -0.362 e. The predicted molar refractivity (Wildman–Crippen MR) is 108 cm³/mol. The van der Waals surface area contributed by atoms with E-state index in [4.69, 9.17) is 14.2 Å². The van der Waals surface area contributed by atoms with Crippen molar-refractivity contribution in [2.45, 2.75) is 57.1 Å². The molecule has 0 spiro atoms. The van der Waals surface area contributed by atoms with Crippen LogP contribution in [0, 0.1) is 5.92 Å². The molecule has 0 amide bonds. The summed E-state index contributed by atoms with van der Waals surface area (Å²) in [5.74, 6) is -1.07. The molecule has 1 aromatic rings. The van der Waals surface area contributed by atoms with Gasteiger partial charge in [-0.3, -0.25) is 4.90 Å². The number of halogens is 2. The van der Waals surface area contributed by atoms with Crippen molar-refractivity contribution in [2.75, 3.05) is 24.6 Å². The van der Waals surface area contributed by atoms with Gasteiger partial charge in [0.05, 0.1) is 6.10 Å². The Morgan fingerprint density at radius 3 is 2.54 bits per heavy atom. The van der Waals surface area contributed by atoms with E-state index in [1.807, 2.05) is 32.0 Å². The van der Waals surface area contributed by atoms with Crippen molar-refractivity contribution in [2.24, 2.45) is 5.92 Å². The molecular formula is C20H29FINO3. The van der Waals surface area contributed by atoms with Gasteiger partial charge in [-0.05, 0) is 26.3 Å². The van der Waals surface area contributed by atoms with E-state index in [9.17, 15) is 4.39 Å². The number of hydrogen-bond acceptors (Lipinski definition) is 4. The largest absolute Gasteiger partial charge is 0.362 e. The molecule has 6 atom stereocenters. The molecule has 0 aromatic heterocycles. The Balaban J connectivity index is 1.83. The van der Waals surface area contributed by atoms with E-state index >= 15 is 0 Å². The zero-order valence-electron chi connectivity index (χ0n) is 16.0. The van der Waals surface area contributed by atoms with Crippen LogP contribution >= 0.6 is 22.6 Å². The van der Waals surface area contributed by atoms with Gasteiger partial charge in [0.15, 0.2) is 5.79 Å². The lowest BCUT2D eigenvalue weighted by Crippen LogP contribution is -2.70. The van der Waals surface area contributed by atoms with Crippen LogP contribution in [0.3, 0.4) is 0 Å². The van der Waals surface area contributed by atoms with Gasteiger partial charge in [-0.1, -0.05) is 52.9 Å². The number of fused-ring (bicyclic) bond motifs is 1. The molecule has 2 saturated heterocycles. The number of rotatable bonds is 5. The highest BCUT2D eigenvalue weighted by atomic mass is 127. The second-order valence-electron chi connectivity index (χ2n) is 7.77. The van der Waals surface area contributed by atoms with Crippen LogP contribution in [0.1, 0.15) is 26.3 Å². The van der Waals surface area contributed by atoms with E-state index in [2.05, 4.69) is 39.6 Å². The third-order valence-electron chi connectivity index (χ3n) is 5.91. The summed E-state index contributed by atoms with van der Waals surface area (Å²) in [7, 11) is 1.65. The Bertz CT molecular complexity index is 604. The van der Waals surface area contributed by atoms with Gasteiger partial charge in [-0.25, -0.2) is 4.39 Å². The molecule has 2 heterocycles. The molecule has 3 rings (SSSR count). The van der Waals surface area contributed by atoms with Crippen molar-refractivity contribution < 1.29 is 18.6 Å². The molecule has 0 radical (unpaired) electrons. The summed E-state index contributed by atoms with van der Waals surface area (Å²) in [5.41, 5.74) is 0.609. The summed E-state index contributed by atoms with van der Waals surface area (Å²) in [4.78, 5) is 2.27. The fourth-order valence-electron chi connectivity index (χ4n) is 3.99. The molecule has 4 nitrogen and oxygen atoms in total. The maximum Gasteiger partial charge on any atom is 0.195 e. The standard InChI is InChI=1S/C20H29FINO3/c1-14(21)16-11-23(10-15-8-6-5-7-9-15)12-17-18(16)26-19(2,13-22)20(3,24-4)25-17/h5-9,14,16-18H,10-13H2,1-4H3/t14-,16+,17+,18+,19+,20-/m0/s1. The highest BCUT2D eigenvalue weighted by molar-refractivity contribution is 14.1. The summed E-state index contributed by atoms with van der Waals surface area (Å²) < 4.78 is 33.8. The van der Waals surface area contributed by atoms with Gasteiger partial charge in [0.25, 0.3) is 0 Å². The van der Waals surface area contributed by atoms with E-state index < -0.39 is 17.6 Å². The molecule has 2 fully saturated rings. The number of nitrogens with zero attached hydrogens (tertiary/aromatic N) is 1. The average molecular weight is 477 g/mol. The highest BCUT2D eigenvalue weighted by Gasteiger charge is 2.58. The Morgan fingerprint density at radius 1 is 1.27 bits per heavy atom. The fourth-order valence-corrected chi connectivity index (χ4v) is 4.87. The molecular weight excluding hydrogens is 448 g/mol. The fraction of sp³-hybridized carbons (Fsp3) is 0.700. The van der Waals surface area contributed by atoms with Crippen LogP contribution in [-0.4, -0.2) is 59.3 Å². The number of piperidine rings is 1. The lowest BCUT2D eigenvalue weighted by Gasteiger charge is -2.57. The summed E-state index contributed by atoms with van der Waals surface area (Å²) in [6.45, 7) is 7.70. The summed E-state index contributed by atoms with van der Waals surface area (Å²) in [6.07, 6.45) is -1.43. The van der Waals surface area contributed by atoms with E-state index in [0.29, 0.717) is 17.5 Å². The Morgan fingerprint density at radius 2 is 1.96 bits per heavy atom. The Labute approximate surface area is 169 Å².